The molecule has 3 N–H and O–H groups in total. The van der Waals surface area contributed by atoms with Gasteiger partial charge >= 0.3 is 0 Å². The van der Waals surface area contributed by atoms with Gasteiger partial charge in [0, 0.05) is 67.7 Å². The molecule has 1 atom stereocenters. The fraction of sp³-hybridized carbons (Fsp3) is 0.350. The zero-order valence-corrected chi connectivity index (χ0v) is 32.8. The molecular formula is C40H45ClF2N10O3. The van der Waals surface area contributed by atoms with Crippen LogP contribution in [0, 0.1) is 24.5 Å². The van der Waals surface area contributed by atoms with Crippen LogP contribution in [0.3, 0.4) is 0 Å². The molecule has 16 heteroatoms. The third kappa shape index (κ3) is 8.58. The predicted molar refractivity (Wildman–Crippen MR) is 211 cm³/mol. The van der Waals surface area contributed by atoms with E-state index < -0.39 is 17.5 Å². The van der Waals surface area contributed by atoms with Crippen LogP contribution < -0.4 is 11.1 Å². The quantitative estimate of drug-likeness (QED) is 0.163. The first kappa shape index (κ1) is 40.0. The van der Waals surface area contributed by atoms with Crippen molar-refractivity contribution in [3.63, 3.8) is 0 Å². The van der Waals surface area contributed by atoms with Gasteiger partial charge in [0.1, 0.15) is 0 Å². The van der Waals surface area contributed by atoms with Crippen LogP contribution in [-0.2, 0) is 18.4 Å². The summed E-state index contributed by atoms with van der Waals surface area (Å²) in [5, 5.41) is 7.31. The van der Waals surface area contributed by atoms with Crippen LogP contribution in [0.25, 0.3) is 22.4 Å². The second-order valence-corrected chi connectivity index (χ2v) is 14.6. The molecule has 1 aliphatic rings. The molecule has 0 saturated carbocycles. The van der Waals surface area contributed by atoms with E-state index in [2.05, 4.69) is 25.3 Å². The van der Waals surface area contributed by atoms with Gasteiger partial charge in [0.15, 0.2) is 17.5 Å². The zero-order valence-electron chi connectivity index (χ0n) is 32.0. The average molecular weight is 787 g/mol. The van der Waals surface area contributed by atoms with Gasteiger partial charge in [0.05, 0.1) is 52.3 Å². The summed E-state index contributed by atoms with van der Waals surface area (Å²) in [5.74, 6) is -3.06. The standard InChI is InChI=1S/C40H45ClF2N10O3/c1-6-25(13-14-49(3)4)39(55)51-15-17-52(18-16-51)40(56)30-10-9-27(19-33(30)41)47-38(54)37-46-21-34(50(37)5)31-12-11-29(35(42)36(31)43)32-23-53(48-24(32)2)22-28-8-7-26(44)20-45-28/h7-12,19-21,23,25H,6,13-18,22,44H2,1-5H3,(H,47,54). The molecule has 1 fully saturated rings. The number of piperazine rings is 1. The maximum atomic E-state index is 15.7. The number of carbonyl (C=O) groups excluding carboxylic acids is 3. The Balaban J connectivity index is 1.10. The maximum absolute atomic E-state index is 15.7. The van der Waals surface area contributed by atoms with Crippen LogP contribution in [0.1, 0.15) is 52.1 Å². The third-order valence-corrected chi connectivity index (χ3v) is 10.4. The second kappa shape index (κ2) is 17.0. The van der Waals surface area contributed by atoms with E-state index >= 15 is 8.78 Å². The molecular weight excluding hydrogens is 742 g/mol. The van der Waals surface area contributed by atoms with Gasteiger partial charge in [-0.15, -0.1) is 0 Å². The number of carbonyl (C=O) groups is 3. The van der Waals surface area contributed by atoms with Gasteiger partial charge < -0.3 is 30.3 Å². The van der Waals surface area contributed by atoms with Crippen LogP contribution in [-0.4, -0.2) is 104 Å². The number of halogens is 3. The van der Waals surface area contributed by atoms with Gasteiger partial charge in [-0.05, 0) is 76.8 Å². The van der Waals surface area contributed by atoms with Crippen molar-refractivity contribution < 1.29 is 23.2 Å². The van der Waals surface area contributed by atoms with Crippen molar-refractivity contribution in [2.75, 3.05) is 57.9 Å². The first-order chi connectivity index (χ1) is 26.7. The van der Waals surface area contributed by atoms with Crippen molar-refractivity contribution >= 4 is 40.7 Å². The number of nitrogens with zero attached hydrogens (tertiary/aromatic N) is 8. The van der Waals surface area contributed by atoms with Gasteiger partial charge in [-0.1, -0.05) is 24.6 Å². The smallest absolute Gasteiger partial charge is 0.291 e. The van der Waals surface area contributed by atoms with E-state index in [1.165, 1.54) is 48.3 Å². The van der Waals surface area contributed by atoms with E-state index in [0.29, 0.717) is 61.0 Å². The molecule has 56 heavy (non-hydrogen) atoms. The van der Waals surface area contributed by atoms with E-state index in [9.17, 15) is 14.4 Å². The molecule has 3 amide bonds. The summed E-state index contributed by atoms with van der Waals surface area (Å²) in [6.07, 6.45) is 6.01. The second-order valence-electron chi connectivity index (χ2n) is 14.2. The number of hydrogen-bond acceptors (Lipinski definition) is 8. The number of benzene rings is 2. The fourth-order valence-corrected chi connectivity index (χ4v) is 7.07. The Morgan fingerprint density at radius 3 is 2.30 bits per heavy atom. The molecule has 13 nitrogen and oxygen atoms in total. The Bertz CT molecular complexity index is 2250. The number of nitrogens with two attached hydrogens (primary N) is 1. The molecule has 0 spiro atoms. The minimum Gasteiger partial charge on any atom is -0.397 e. The molecule has 6 rings (SSSR count). The van der Waals surface area contributed by atoms with E-state index in [1.54, 1.807) is 40.9 Å². The molecule has 0 radical (unpaired) electrons. The van der Waals surface area contributed by atoms with Crippen LogP contribution in [0.5, 0.6) is 0 Å². The highest BCUT2D eigenvalue weighted by Crippen LogP contribution is 2.33. The molecule has 0 bridgehead atoms. The first-order valence-electron chi connectivity index (χ1n) is 18.3. The number of pyridine rings is 1. The van der Waals surface area contributed by atoms with E-state index in [4.69, 9.17) is 17.3 Å². The van der Waals surface area contributed by atoms with Crippen LogP contribution in [0.15, 0.2) is 61.1 Å². The summed E-state index contributed by atoms with van der Waals surface area (Å²) < 4.78 is 34.3. The van der Waals surface area contributed by atoms with Gasteiger partial charge in [-0.2, -0.15) is 5.10 Å². The number of aryl methyl sites for hydroxylation is 1. The summed E-state index contributed by atoms with van der Waals surface area (Å²) in [6, 6.07) is 11.0. The molecule has 5 aromatic rings. The number of hydrogen-bond donors (Lipinski definition) is 2. The Hall–Kier alpha value is -5.67. The van der Waals surface area contributed by atoms with Gasteiger partial charge in [0.2, 0.25) is 5.91 Å². The highest BCUT2D eigenvalue weighted by Gasteiger charge is 2.30. The summed E-state index contributed by atoms with van der Waals surface area (Å²) in [4.78, 5) is 53.9. The molecule has 1 saturated heterocycles. The van der Waals surface area contributed by atoms with Gasteiger partial charge in [0.25, 0.3) is 11.8 Å². The van der Waals surface area contributed by atoms with Crippen LogP contribution >= 0.6 is 11.6 Å². The fourth-order valence-electron chi connectivity index (χ4n) is 6.81. The number of amides is 3. The number of aromatic nitrogens is 5. The van der Waals surface area contributed by atoms with Gasteiger partial charge in [-0.25, -0.2) is 13.8 Å². The van der Waals surface area contributed by atoms with Gasteiger partial charge in [-0.3, -0.25) is 24.0 Å². The van der Waals surface area contributed by atoms with E-state index in [-0.39, 0.29) is 51.0 Å². The van der Waals surface area contributed by atoms with Crippen molar-refractivity contribution in [1.82, 2.24) is 39.0 Å². The summed E-state index contributed by atoms with van der Waals surface area (Å²) in [5.41, 5.74) is 8.59. The molecule has 294 valence electrons. The van der Waals surface area contributed by atoms with Crippen LogP contribution in [0.2, 0.25) is 5.02 Å². The summed E-state index contributed by atoms with van der Waals surface area (Å²) >= 11 is 6.55. The topological polar surface area (TPSA) is 148 Å². The lowest BCUT2D eigenvalue weighted by Crippen LogP contribution is -2.52. The third-order valence-electron chi connectivity index (χ3n) is 10.1. The summed E-state index contributed by atoms with van der Waals surface area (Å²) in [6.45, 7) is 6.52. The predicted octanol–water partition coefficient (Wildman–Crippen LogP) is 5.73. The number of nitrogen functional groups attached to an aromatic ring is 1. The highest BCUT2D eigenvalue weighted by atomic mass is 35.5. The van der Waals surface area contributed by atoms with Crippen LogP contribution in [0.4, 0.5) is 20.2 Å². The lowest BCUT2D eigenvalue weighted by molar-refractivity contribution is -0.137. The maximum Gasteiger partial charge on any atom is 0.291 e. The highest BCUT2D eigenvalue weighted by molar-refractivity contribution is 6.34. The molecule has 0 aliphatic carbocycles. The van der Waals surface area contributed by atoms with Crippen molar-refractivity contribution in [3.8, 4) is 22.4 Å². The number of imidazole rings is 1. The Morgan fingerprint density at radius 1 is 0.946 bits per heavy atom. The number of rotatable bonds is 12. The lowest BCUT2D eigenvalue weighted by atomic mass is 10.00. The normalized spacial score (nSPS) is 13.7. The Morgan fingerprint density at radius 2 is 1.64 bits per heavy atom. The number of anilines is 2. The minimum absolute atomic E-state index is 0.0350. The zero-order chi connectivity index (χ0) is 40.3. The molecule has 3 aromatic heterocycles. The largest absolute Gasteiger partial charge is 0.397 e. The van der Waals surface area contributed by atoms with Crippen molar-refractivity contribution in [1.29, 1.82) is 0 Å². The van der Waals surface area contributed by atoms with E-state index in [0.717, 1.165) is 19.4 Å². The number of nitrogens with one attached hydrogen (secondary N) is 1. The first-order valence-corrected chi connectivity index (χ1v) is 18.7. The van der Waals surface area contributed by atoms with Crippen molar-refractivity contribution in [2.45, 2.75) is 33.2 Å². The Labute approximate surface area is 329 Å². The molecule has 4 heterocycles. The summed E-state index contributed by atoms with van der Waals surface area (Å²) in [7, 11) is 5.50. The minimum atomic E-state index is -1.10. The SMILES string of the molecule is CCC(CCN(C)C)C(=O)N1CCN(C(=O)c2ccc(NC(=O)c3ncc(-c4ccc(-c5cn(Cc6ccc(N)cn6)nc5C)c(F)c4F)n3C)cc2Cl)CC1. The molecule has 2 aromatic carbocycles. The van der Waals surface area contributed by atoms with Crippen molar-refractivity contribution in [3.05, 3.63) is 100 Å². The molecule has 1 unspecified atom stereocenters. The molecule has 1 aliphatic heterocycles. The van der Waals surface area contributed by atoms with E-state index in [1.807, 2.05) is 25.9 Å². The monoisotopic (exact) mass is 786 g/mol. The Kier molecular flexibility index (Phi) is 12.1. The average Bonchev–Trinajstić information content (AvgIpc) is 3.74. The lowest BCUT2D eigenvalue weighted by Gasteiger charge is -2.36. The van der Waals surface area contributed by atoms with Crippen molar-refractivity contribution in [2.24, 2.45) is 13.0 Å².